The van der Waals surface area contributed by atoms with E-state index in [2.05, 4.69) is 22.2 Å². The number of aromatic nitrogens is 2. The van der Waals surface area contributed by atoms with Gasteiger partial charge in [0.1, 0.15) is 10.7 Å². The van der Waals surface area contributed by atoms with E-state index in [9.17, 15) is 4.79 Å². The molecule has 0 aliphatic heterocycles. The molecule has 0 fully saturated rings. The Morgan fingerprint density at radius 2 is 2.05 bits per heavy atom. The Morgan fingerprint density at radius 3 is 2.62 bits per heavy atom. The van der Waals surface area contributed by atoms with Crippen LogP contribution in [0.2, 0.25) is 0 Å². The zero-order valence-electron chi connectivity index (χ0n) is 12.6. The summed E-state index contributed by atoms with van der Waals surface area (Å²) in [6, 6.07) is 0. The van der Waals surface area contributed by atoms with E-state index in [1.54, 1.807) is 0 Å². The lowest BCUT2D eigenvalue weighted by molar-refractivity contribution is 0.103. The molecule has 0 spiro atoms. The number of rotatable bonds is 5. The largest absolute Gasteiger partial charge is 0.382 e. The average Bonchev–Trinajstić information content (AvgIpc) is 2.94. The Morgan fingerprint density at radius 1 is 1.33 bits per heavy atom. The number of hydrogen-bond donors (Lipinski definition) is 2. The predicted octanol–water partition coefficient (Wildman–Crippen LogP) is 2.90. The number of thiazole rings is 2. The molecule has 0 atom stereocenters. The van der Waals surface area contributed by atoms with E-state index in [-0.39, 0.29) is 11.7 Å². The number of nitrogens with one attached hydrogen (secondary N) is 1. The van der Waals surface area contributed by atoms with Crippen molar-refractivity contribution in [2.45, 2.75) is 27.2 Å². The van der Waals surface area contributed by atoms with Crippen LogP contribution in [0.3, 0.4) is 0 Å². The van der Waals surface area contributed by atoms with Gasteiger partial charge in [-0.3, -0.25) is 10.1 Å². The van der Waals surface area contributed by atoms with Gasteiger partial charge in [-0.25, -0.2) is 9.97 Å². The molecular weight excluding hydrogens is 306 g/mol. The van der Waals surface area contributed by atoms with Gasteiger partial charge in [0.2, 0.25) is 0 Å². The maximum absolute atomic E-state index is 12.3. The third-order valence-electron chi connectivity index (χ3n) is 2.98. The second-order valence-electron chi connectivity index (χ2n) is 4.75. The van der Waals surface area contributed by atoms with Crippen LogP contribution < -0.4 is 16.0 Å². The van der Waals surface area contributed by atoms with E-state index < -0.39 is 0 Å². The smallest absolute Gasteiger partial charge is 0.271 e. The lowest BCUT2D eigenvalue weighted by Gasteiger charge is -2.13. The third-order valence-corrected chi connectivity index (χ3v) is 5.16. The summed E-state index contributed by atoms with van der Waals surface area (Å²) in [7, 11) is 1.94. The molecule has 2 heterocycles. The van der Waals surface area contributed by atoms with E-state index in [1.807, 2.05) is 25.8 Å². The van der Waals surface area contributed by atoms with Crippen molar-refractivity contribution in [1.29, 1.82) is 0 Å². The van der Waals surface area contributed by atoms with Crippen LogP contribution in [-0.4, -0.2) is 29.5 Å². The minimum absolute atomic E-state index is 0.255. The first-order chi connectivity index (χ1) is 9.92. The Kier molecular flexibility index (Phi) is 4.79. The molecule has 114 valence electrons. The predicted molar refractivity (Wildman–Crippen MR) is 89.6 cm³/mol. The zero-order chi connectivity index (χ0) is 15.6. The highest BCUT2D eigenvalue weighted by molar-refractivity contribution is 7.18. The fourth-order valence-corrected chi connectivity index (χ4v) is 3.43. The molecule has 1 amide bonds. The van der Waals surface area contributed by atoms with E-state index in [0.29, 0.717) is 10.0 Å². The van der Waals surface area contributed by atoms with Crippen LogP contribution in [-0.2, 0) is 0 Å². The van der Waals surface area contributed by atoms with Gasteiger partial charge in [0.15, 0.2) is 10.3 Å². The Hall–Kier alpha value is -1.67. The molecule has 0 saturated carbocycles. The standard InChI is InChI=1S/C13H19N5OS2/c1-5-6-18(4)13-16-10(14)9(21-13)11(19)17-12-15-7(2)8(3)20-12/h5-6,14H2,1-4H3,(H,15,17,19). The highest BCUT2D eigenvalue weighted by Gasteiger charge is 2.19. The van der Waals surface area contributed by atoms with Gasteiger partial charge in [-0.15, -0.1) is 11.3 Å². The molecule has 2 rings (SSSR count). The van der Waals surface area contributed by atoms with Crippen molar-refractivity contribution in [2.24, 2.45) is 0 Å². The van der Waals surface area contributed by atoms with Gasteiger partial charge in [-0.1, -0.05) is 18.3 Å². The van der Waals surface area contributed by atoms with Crippen molar-refractivity contribution >= 4 is 44.7 Å². The summed E-state index contributed by atoms with van der Waals surface area (Å²) < 4.78 is 0. The number of nitrogen functional groups attached to an aromatic ring is 1. The number of carbonyl (C=O) groups excluding carboxylic acids is 1. The Bertz CT molecular complexity index is 630. The molecule has 0 saturated heterocycles. The van der Waals surface area contributed by atoms with Gasteiger partial charge in [0, 0.05) is 18.5 Å². The van der Waals surface area contributed by atoms with Crippen molar-refractivity contribution in [3.63, 3.8) is 0 Å². The molecule has 0 bridgehead atoms. The molecule has 0 aromatic carbocycles. The van der Waals surface area contributed by atoms with Gasteiger partial charge in [-0.2, -0.15) is 0 Å². The number of carbonyl (C=O) groups is 1. The fourth-order valence-electron chi connectivity index (χ4n) is 1.76. The molecule has 0 unspecified atom stereocenters. The summed E-state index contributed by atoms with van der Waals surface area (Å²) in [4.78, 5) is 24.3. The topological polar surface area (TPSA) is 84.1 Å². The molecule has 2 aromatic heterocycles. The molecule has 0 radical (unpaired) electrons. The zero-order valence-corrected chi connectivity index (χ0v) is 14.2. The normalized spacial score (nSPS) is 10.7. The van der Waals surface area contributed by atoms with Crippen LogP contribution in [0, 0.1) is 13.8 Å². The van der Waals surface area contributed by atoms with Gasteiger partial charge in [0.05, 0.1) is 5.69 Å². The maximum Gasteiger partial charge on any atom is 0.271 e. The molecular formula is C13H19N5OS2. The Balaban J connectivity index is 2.15. The van der Waals surface area contributed by atoms with Gasteiger partial charge in [-0.05, 0) is 20.3 Å². The van der Waals surface area contributed by atoms with E-state index in [1.165, 1.54) is 22.7 Å². The summed E-state index contributed by atoms with van der Waals surface area (Å²) in [5, 5.41) is 4.13. The molecule has 3 N–H and O–H groups in total. The van der Waals surface area contributed by atoms with Crippen molar-refractivity contribution in [1.82, 2.24) is 9.97 Å². The minimum atomic E-state index is -0.255. The van der Waals surface area contributed by atoms with E-state index >= 15 is 0 Å². The van der Waals surface area contributed by atoms with Crippen molar-refractivity contribution in [3.8, 4) is 0 Å². The lowest BCUT2D eigenvalue weighted by Crippen LogP contribution is -2.17. The second kappa shape index (κ2) is 6.40. The van der Waals surface area contributed by atoms with Gasteiger partial charge in [0.25, 0.3) is 5.91 Å². The fraction of sp³-hybridized carbons (Fsp3) is 0.462. The monoisotopic (exact) mass is 325 g/mol. The summed E-state index contributed by atoms with van der Waals surface area (Å²) >= 11 is 2.75. The summed E-state index contributed by atoms with van der Waals surface area (Å²) in [6.45, 7) is 6.86. The number of nitrogens with two attached hydrogens (primary N) is 1. The van der Waals surface area contributed by atoms with Crippen LogP contribution in [0.4, 0.5) is 16.1 Å². The first-order valence-corrected chi connectivity index (χ1v) is 8.28. The molecule has 21 heavy (non-hydrogen) atoms. The number of nitrogens with zero attached hydrogens (tertiary/aromatic N) is 3. The van der Waals surface area contributed by atoms with Crippen LogP contribution >= 0.6 is 22.7 Å². The lowest BCUT2D eigenvalue weighted by atomic mass is 10.4. The van der Waals surface area contributed by atoms with Crippen molar-refractivity contribution < 1.29 is 4.79 Å². The highest BCUT2D eigenvalue weighted by Crippen LogP contribution is 2.29. The van der Waals surface area contributed by atoms with Gasteiger partial charge >= 0.3 is 0 Å². The van der Waals surface area contributed by atoms with Gasteiger partial charge < -0.3 is 10.6 Å². The first kappa shape index (κ1) is 15.7. The number of aryl methyl sites for hydroxylation is 2. The number of amides is 1. The molecule has 0 aliphatic rings. The SMILES string of the molecule is CCCN(C)c1nc(N)c(C(=O)Nc2nc(C)c(C)s2)s1. The average molecular weight is 325 g/mol. The Labute approximate surface area is 132 Å². The van der Waals surface area contributed by atoms with E-state index in [4.69, 9.17) is 5.73 Å². The molecule has 6 nitrogen and oxygen atoms in total. The van der Waals surface area contributed by atoms with Crippen molar-refractivity contribution in [2.75, 3.05) is 29.5 Å². The summed E-state index contributed by atoms with van der Waals surface area (Å²) in [6.07, 6.45) is 1.01. The highest BCUT2D eigenvalue weighted by atomic mass is 32.1. The maximum atomic E-state index is 12.3. The number of anilines is 3. The molecule has 0 aliphatic carbocycles. The number of hydrogen-bond acceptors (Lipinski definition) is 7. The van der Waals surface area contributed by atoms with E-state index in [0.717, 1.165) is 28.7 Å². The van der Waals surface area contributed by atoms with Crippen LogP contribution in [0.1, 0.15) is 33.6 Å². The quantitative estimate of drug-likeness (QED) is 0.883. The van der Waals surface area contributed by atoms with Crippen LogP contribution in [0.25, 0.3) is 0 Å². The van der Waals surface area contributed by atoms with Crippen LogP contribution in [0.5, 0.6) is 0 Å². The van der Waals surface area contributed by atoms with Crippen molar-refractivity contribution in [3.05, 3.63) is 15.4 Å². The summed E-state index contributed by atoms with van der Waals surface area (Å²) in [5.41, 5.74) is 6.79. The molecule has 2 aromatic rings. The minimum Gasteiger partial charge on any atom is -0.382 e. The second-order valence-corrected chi connectivity index (χ2v) is 6.93. The van der Waals surface area contributed by atoms with Crippen LogP contribution in [0.15, 0.2) is 0 Å². The third kappa shape index (κ3) is 3.51. The summed E-state index contributed by atoms with van der Waals surface area (Å²) in [5.74, 6) is 0.00958. The molecule has 8 heteroatoms. The first-order valence-electron chi connectivity index (χ1n) is 6.65.